The normalized spacial score (nSPS) is 23.1. The van der Waals surface area contributed by atoms with Crippen molar-refractivity contribution < 1.29 is 19.2 Å². The van der Waals surface area contributed by atoms with Gasteiger partial charge in [-0.15, -0.1) is 0 Å². The summed E-state index contributed by atoms with van der Waals surface area (Å²) in [6, 6.07) is 7.18. The molecule has 1 unspecified atom stereocenters. The minimum absolute atomic E-state index is 0.00138. The summed E-state index contributed by atoms with van der Waals surface area (Å²) in [5.41, 5.74) is 2.20. The summed E-state index contributed by atoms with van der Waals surface area (Å²) in [6.45, 7) is 4.79. The molecule has 4 rings (SSSR count). The van der Waals surface area contributed by atoms with Crippen molar-refractivity contribution >= 4 is 29.4 Å². The second-order valence-electron chi connectivity index (χ2n) is 8.00. The lowest BCUT2D eigenvalue weighted by molar-refractivity contribution is -0.136. The highest BCUT2D eigenvalue weighted by Crippen LogP contribution is 2.47. The summed E-state index contributed by atoms with van der Waals surface area (Å²) in [5.74, 6) is -0.728. The van der Waals surface area contributed by atoms with Gasteiger partial charge in [0.1, 0.15) is 6.54 Å². The SMILES string of the molecule is CC(C)=CCN1C(=O)C2(CCN(C(=O)CN3C(=O)CNC3=O)C2)c2ccccc21. The Morgan fingerprint density at radius 3 is 2.62 bits per heavy atom. The number of carbonyl (C=O) groups excluding carboxylic acids is 4. The van der Waals surface area contributed by atoms with E-state index in [1.54, 1.807) is 9.80 Å². The third-order valence-electron chi connectivity index (χ3n) is 5.90. The summed E-state index contributed by atoms with van der Waals surface area (Å²) < 4.78 is 0. The first-order valence-electron chi connectivity index (χ1n) is 9.74. The molecule has 0 aromatic heterocycles. The van der Waals surface area contributed by atoms with Crippen LogP contribution in [0.15, 0.2) is 35.9 Å². The fourth-order valence-electron chi connectivity index (χ4n) is 4.32. The molecule has 29 heavy (non-hydrogen) atoms. The molecule has 8 heteroatoms. The fraction of sp³-hybridized carbons (Fsp3) is 0.429. The molecule has 1 atom stereocenters. The molecule has 1 aromatic carbocycles. The predicted octanol–water partition coefficient (Wildman–Crippen LogP) is 1.02. The largest absolute Gasteiger partial charge is 0.340 e. The zero-order chi connectivity index (χ0) is 20.8. The lowest BCUT2D eigenvalue weighted by Crippen LogP contribution is -2.46. The van der Waals surface area contributed by atoms with Crippen molar-refractivity contribution in [2.24, 2.45) is 0 Å². The van der Waals surface area contributed by atoms with Crippen molar-refractivity contribution in [3.8, 4) is 0 Å². The number of hydrogen-bond acceptors (Lipinski definition) is 4. The molecule has 1 aromatic rings. The standard InChI is InChI=1S/C21H24N4O4/c1-14(2)7-9-24-16-6-4-3-5-15(16)21(19(24)28)8-10-23(13-21)18(27)12-25-17(26)11-22-20(25)29/h3-7H,8-13H2,1-2H3,(H,22,29). The van der Waals surface area contributed by atoms with Gasteiger partial charge in [-0.05, 0) is 31.9 Å². The number of allylic oxidation sites excluding steroid dienone is 1. The van der Waals surface area contributed by atoms with Crippen molar-refractivity contribution in [1.82, 2.24) is 15.1 Å². The number of imide groups is 1. The van der Waals surface area contributed by atoms with Crippen LogP contribution >= 0.6 is 0 Å². The van der Waals surface area contributed by atoms with Gasteiger partial charge in [0.25, 0.3) is 5.91 Å². The van der Waals surface area contributed by atoms with E-state index in [2.05, 4.69) is 5.32 Å². The van der Waals surface area contributed by atoms with E-state index in [0.717, 1.165) is 21.7 Å². The zero-order valence-corrected chi connectivity index (χ0v) is 16.6. The van der Waals surface area contributed by atoms with Gasteiger partial charge in [0.15, 0.2) is 0 Å². The van der Waals surface area contributed by atoms with Crippen LogP contribution in [-0.4, -0.2) is 66.3 Å². The summed E-state index contributed by atoms with van der Waals surface area (Å²) in [4.78, 5) is 54.0. The van der Waals surface area contributed by atoms with Crippen LogP contribution in [0.1, 0.15) is 25.8 Å². The Kier molecular flexibility index (Phi) is 4.64. The Bertz CT molecular complexity index is 920. The Labute approximate surface area is 169 Å². The van der Waals surface area contributed by atoms with E-state index in [-0.39, 0.29) is 31.4 Å². The Balaban J connectivity index is 1.56. The number of anilines is 1. The van der Waals surface area contributed by atoms with Crippen LogP contribution in [0.3, 0.4) is 0 Å². The molecule has 2 fully saturated rings. The molecule has 8 nitrogen and oxygen atoms in total. The number of fused-ring (bicyclic) bond motifs is 2. The van der Waals surface area contributed by atoms with Crippen LogP contribution in [0.2, 0.25) is 0 Å². The number of urea groups is 1. The van der Waals surface area contributed by atoms with Gasteiger partial charge in [-0.2, -0.15) is 0 Å². The first kappa shape index (κ1) is 19.2. The number of nitrogens with zero attached hydrogens (tertiary/aromatic N) is 3. The van der Waals surface area contributed by atoms with E-state index in [9.17, 15) is 19.2 Å². The van der Waals surface area contributed by atoms with E-state index < -0.39 is 17.4 Å². The van der Waals surface area contributed by atoms with Gasteiger partial charge in [0.2, 0.25) is 11.8 Å². The Hall–Kier alpha value is -3.16. The van der Waals surface area contributed by atoms with Crippen LogP contribution < -0.4 is 10.2 Å². The Morgan fingerprint density at radius 2 is 1.93 bits per heavy atom. The van der Waals surface area contributed by atoms with Crippen LogP contribution in [0.4, 0.5) is 10.5 Å². The highest BCUT2D eigenvalue weighted by molar-refractivity contribution is 6.09. The van der Waals surface area contributed by atoms with Crippen molar-refractivity contribution in [2.45, 2.75) is 25.7 Å². The molecule has 2 saturated heterocycles. The topological polar surface area (TPSA) is 90.0 Å². The number of benzene rings is 1. The van der Waals surface area contributed by atoms with Crippen LogP contribution in [0.5, 0.6) is 0 Å². The first-order valence-corrected chi connectivity index (χ1v) is 9.74. The number of rotatable bonds is 4. The summed E-state index contributed by atoms with van der Waals surface area (Å²) >= 11 is 0. The zero-order valence-electron chi connectivity index (χ0n) is 16.6. The average molecular weight is 396 g/mol. The second kappa shape index (κ2) is 7.02. The minimum atomic E-state index is -0.765. The summed E-state index contributed by atoms with van der Waals surface area (Å²) in [5, 5.41) is 2.41. The van der Waals surface area contributed by atoms with Crippen LogP contribution in [0.25, 0.3) is 0 Å². The number of carbonyl (C=O) groups is 4. The lowest BCUT2D eigenvalue weighted by atomic mass is 9.81. The lowest BCUT2D eigenvalue weighted by Gasteiger charge is -2.25. The number of nitrogens with one attached hydrogen (secondary N) is 1. The average Bonchev–Trinajstić information content (AvgIpc) is 3.34. The number of amides is 5. The van der Waals surface area contributed by atoms with Crippen molar-refractivity contribution in [1.29, 1.82) is 0 Å². The smallest absolute Gasteiger partial charge is 0.325 e. The van der Waals surface area contributed by atoms with Gasteiger partial charge in [-0.3, -0.25) is 19.3 Å². The Morgan fingerprint density at radius 1 is 1.17 bits per heavy atom. The van der Waals surface area contributed by atoms with Crippen molar-refractivity contribution in [2.75, 3.05) is 37.6 Å². The van der Waals surface area contributed by atoms with Gasteiger partial charge in [0.05, 0.1) is 12.0 Å². The number of likely N-dealkylation sites (tertiary alicyclic amines) is 1. The van der Waals surface area contributed by atoms with Crippen molar-refractivity contribution in [3.05, 3.63) is 41.5 Å². The molecule has 0 radical (unpaired) electrons. The molecule has 0 aliphatic carbocycles. The predicted molar refractivity (Wildman–Crippen MR) is 106 cm³/mol. The van der Waals surface area contributed by atoms with E-state index >= 15 is 0 Å². The van der Waals surface area contributed by atoms with Gasteiger partial charge >= 0.3 is 6.03 Å². The van der Waals surface area contributed by atoms with Gasteiger partial charge in [-0.1, -0.05) is 29.8 Å². The molecule has 0 saturated carbocycles. The molecule has 0 bridgehead atoms. The molecular formula is C21H24N4O4. The van der Waals surface area contributed by atoms with E-state index in [1.807, 2.05) is 44.2 Å². The van der Waals surface area contributed by atoms with E-state index in [0.29, 0.717) is 19.5 Å². The summed E-state index contributed by atoms with van der Waals surface area (Å²) in [6.07, 6.45) is 2.54. The maximum Gasteiger partial charge on any atom is 0.325 e. The number of para-hydroxylation sites is 1. The molecule has 3 aliphatic rings. The molecule has 1 N–H and O–H groups in total. The van der Waals surface area contributed by atoms with Gasteiger partial charge < -0.3 is 15.1 Å². The first-order chi connectivity index (χ1) is 13.8. The highest BCUT2D eigenvalue weighted by atomic mass is 16.2. The second-order valence-corrected chi connectivity index (χ2v) is 8.00. The molecule has 152 valence electrons. The summed E-state index contributed by atoms with van der Waals surface area (Å²) in [7, 11) is 0. The quantitative estimate of drug-likeness (QED) is 0.608. The molecular weight excluding hydrogens is 372 g/mol. The monoisotopic (exact) mass is 396 g/mol. The highest BCUT2D eigenvalue weighted by Gasteiger charge is 2.55. The van der Waals surface area contributed by atoms with Crippen LogP contribution in [0, 0.1) is 0 Å². The maximum absolute atomic E-state index is 13.4. The van der Waals surface area contributed by atoms with Gasteiger partial charge in [-0.25, -0.2) is 4.79 Å². The van der Waals surface area contributed by atoms with E-state index in [4.69, 9.17) is 0 Å². The molecule has 3 aliphatic heterocycles. The fourth-order valence-corrected chi connectivity index (χ4v) is 4.32. The molecule has 5 amide bonds. The number of hydrogen-bond donors (Lipinski definition) is 1. The van der Waals surface area contributed by atoms with Gasteiger partial charge in [0, 0.05) is 25.3 Å². The third kappa shape index (κ3) is 3.08. The third-order valence-corrected chi connectivity index (χ3v) is 5.90. The maximum atomic E-state index is 13.4. The minimum Gasteiger partial charge on any atom is -0.340 e. The van der Waals surface area contributed by atoms with Crippen LogP contribution in [-0.2, 0) is 19.8 Å². The molecule has 1 spiro atoms. The van der Waals surface area contributed by atoms with Crippen molar-refractivity contribution in [3.63, 3.8) is 0 Å². The molecule has 3 heterocycles. The van der Waals surface area contributed by atoms with E-state index in [1.165, 1.54) is 0 Å².